The van der Waals surface area contributed by atoms with Gasteiger partial charge in [0.15, 0.2) is 0 Å². The second-order valence-corrected chi connectivity index (χ2v) is 7.73. The zero-order valence-corrected chi connectivity index (χ0v) is 12.7. The highest BCUT2D eigenvalue weighted by Gasteiger charge is 2.46. The molecule has 1 aromatic heterocycles. The fraction of sp³-hybridized carbons (Fsp3) is 0.615. The molecule has 1 aromatic rings. The van der Waals surface area contributed by atoms with Gasteiger partial charge in [-0.05, 0) is 46.3 Å². The molecule has 0 aromatic carbocycles. The number of aliphatic carboxylic acids is 1. The van der Waals surface area contributed by atoms with Crippen molar-refractivity contribution in [1.29, 1.82) is 0 Å². The van der Waals surface area contributed by atoms with Crippen LogP contribution < -0.4 is 0 Å². The molecule has 0 saturated heterocycles. The summed E-state index contributed by atoms with van der Waals surface area (Å²) in [5.74, 6) is -3.93. The molecule has 1 fully saturated rings. The minimum Gasteiger partial charge on any atom is -0.481 e. The van der Waals surface area contributed by atoms with E-state index in [0.29, 0.717) is 16.6 Å². The number of halogens is 3. The first-order valence-corrected chi connectivity index (χ1v) is 7.79. The van der Waals surface area contributed by atoms with Crippen LogP contribution in [-0.4, -0.2) is 11.1 Å². The van der Waals surface area contributed by atoms with Gasteiger partial charge in [-0.2, -0.15) is 0 Å². The van der Waals surface area contributed by atoms with Crippen LogP contribution in [0.3, 0.4) is 0 Å². The second-order valence-electron chi connectivity index (χ2n) is 5.26. The molecule has 0 bridgehead atoms. The standard InChI is InChI=1S/C13H15BrF2O2S/c14-10-4-3-9(19-10)13(15,16)8-12(7-11(17)18)5-1-2-6-12/h3-4H,1-2,5-8H2,(H,17,18). The Balaban J connectivity index is 2.18. The fourth-order valence-electron chi connectivity index (χ4n) is 2.93. The molecule has 2 nitrogen and oxygen atoms in total. The van der Waals surface area contributed by atoms with Crippen molar-refractivity contribution in [3.8, 4) is 0 Å². The maximum atomic E-state index is 14.3. The van der Waals surface area contributed by atoms with E-state index in [2.05, 4.69) is 15.9 Å². The SMILES string of the molecule is O=C(O)CC1(CC(F)(F)c2ccc(Br)s2)CCCC1. The molecule has 1 heterocycles. The van der Waals surface area contributed by atoms with Gasteiger partial charge in [0.1, 0.15) is 0 Å². The van der Waals surface area contributed by atoms with E-state index < -0.39 is 17.3 Å². The number of hydrogen-bond donors (Lipinski definition) is 1. The van der Waals surface area contributed by atoms with Crippen molar-refractivity contribution in [2.45, 2.75) is 44.4 Å². The molecule has 0 aliphatic heterocycles. The number of carboxylic acids is 1. The lowest BCUT2D eigenvalue weighted by Gasteiger charge is -2.31. The van der Waals surface area contributed by atoms with Gasteiger partial charge in [-0.25, -0.2) is 8.78 Å². The number of carbonyl (C=O) groups is 1. The number of carboxylic acid groups (broad SMARTS) is 1. The summed E-state index contributed by atoms with van der Waals surface area (Å²) < 4.78 is 29.3. The Hall–Kier alpha value is -0.490. The Bertz CT molecular complexity index is 467. The third-order valence-corrected chi connectivity index (χ3v) is 5.46. The quantitative estimate of drug-likeness (QED) is 0.806. The first kappa shape index (κ1) is 14.9. The summed E-state index contributed by atoms with van der Waals surface area (Å²) in [6.07, 6.45) is 2.34. The highest BCUT2D eigenvalue weighted by atomic mass is 79.9. The van der Waals surface area contributed by atoms with Gasteiger partial charge in [-0.3, -0.25) is 4.79 Å². The van der Waals surface area contributed by atoms with Gasteiger partial charge in [0.05, 0.1) is 15.1 Å². The van der Waals surface area contributed by atoms with E-state index in [1.807, 2.05) is 0 Å². The summed E-state index contributed by atoms with van der Waals surface area (Å²) in [5, 5.41) is 8.96. The number of thiophene rings is 1. The second kappa shape index (κ2) is 5.48. The van der Waals surface area contributed by atoms with Crippen LogP contribution >= 0.6 is 27.3 Å². The van der Waals surface area contributed by atoms with Crippen molar-refractivity contribution in [2.75, 3.05) is 0 Å². The van der Waals surface area contributed by atoms with E-state index in [1.54, 1.807) is 6.07 Å². The van der Waals surface area contributed by atoms with Crippen LogP contribution in [0.1, 0.15) is 43.4 Å². The van der Waals surface area contributed by atoms with E-state index in [9.17, 15) is 13.6 Å². The average molecular weight is 353 g/mol. The number of hydrogen-bond acceptors (Lipinski definition) is 2. The molecule has 0 unspecified atom stereocenters. The van der Waals surface area contributed by atoms with Gasteiger partial charge in [0.25, 0.3) is 5.92 Å². The van der Waals surface area contributed by atoms with E-state index in [-0.39, 0.29) is 17.7 Å². The highest BCUT2D eigenvalue weighted by Crippen LogP contribution is 2.52. The topological polar surface area (TPSA) is 37.3 Å². The third-order valence-electron chi connectivity index (χ3n) is 3.72. The van der Waals surface area contributed by atoms with Crippen LogP contribution in [0.15, 0.2) is 15.9 Å². The first-order valence-electron chi connectivity index (χ1n) is 6.18. The van der Waals surface area contributed by atoms with Crippen LogP contribution in [0.25, 0.3) is 0 Å². The fourth-order valence-corrected chi connectivity index (χ4v) is 4.29. The van der Waals surface area contributed by atoms with Gasteiger partial charge in [-0.15, -0.1) is 11.3 Å². The van der Waals surface area contributed by atoms with Crippen LogP contribution in [-0.2, 0) is 10.7 Å². The molecule has 6 heteroatoms. The molecule has 106 valence electrons. The zero-order chi connectivity index (χ0) is 14.1. The Morgan fingerprint density at radius 3 is 2.53 bits per heavy atom. The summed E-state index contributed by atoms with van der Waals surface area (Å²) in [6.45, 7) is 0. The van der Waals surface area contributed by atoms with Crippen molar-refractivity contribution in [2.24, 2.45) is 5.41 Å². The molecule has 0 amide bonds. The molecular weight excluding hydrogens is 338 g/mol. The van der Waals surface area contributed by atoms with Crippen LogP contribution in [0.2, 0.25) is 0 Å². The first-order chi connectivity index (χ1) is 8.83. The molecule has 2 rings (SSSR count). The maximum absolute atomic E-state index is 14.3. The van der Waals surface area contributed by atoms with Gasteiger partial charge in [0, 0.05) is 6.42 Å². The molecule has 19 heavy (non-hydrogen) atoms. The zero-order valence-electron chi connectivity index (χ0n) is 10.3. The van der Waals surface area contributed by atoms with Crippen molar-refractivity contribution in [3.63, 3.8) is 0 Å². The van der Waals surface area contributed by atoms with E-state index in [0.717, 1.165) is 24.2 Å². The Morgan fingerprint density at radius 2 is 2.05 bits per heavy atom. The van der Waals surface area contributed by atoms with Gasteiger partial charge in [0.2, 0.25) is 0 Å². The minimum absolute atomic E-state index is 0.0102. The Kier molecular flexibility index (Phi) is 4.30. The molecule has 0 atom stereocenters. The lowest BCUT2D eigenvalue weighted by Crippen LogP contribution is -2.29. The summed E-state index contributed by atoms with van der Waals surface area (Å²) in [4.78, 5) is 10.9. The third kappa shape index (κ3) is 3.54. The van der Waals surface area contributed by atoms with Gasteiger partial charge >= 0.3 is 5.97 Å². The highest BCUT2D eigenvalue weighted by molar-refractivity contribution is 9.11. The molecule has 0 spiro atoms. The van der Waals surface area contributed by atoms with Crippen molar-refractivity contribution < 1.29 is 18.7 Å². The molecule has 1 aliphatic carbocycles. The maximum Gasteiger partial charge on any atom is 0.303 e. The van der Waals surface area contributed by atoms with Crippen molar-refractivity contribution >= 4 is 33.2 Å². The summed E-state index contributed by atoms with van der Waals surface area (Å²) in [6, 6.07) is 3.02. The number of alkyl halides is 2. The van der Waals surface area contributed by atoms with Crippen LogP contribution in [0.5, 0.6) is 0 Å². The largest absolute Gasteiger partial charge is 0.481 e. The molecule has 1 aliphatic rings. The monoisotopic (exact) mass is 352 g/mol. The van der Waals surface area contributed by atoms with E-state index >= 15 is 0 Å². The summed E-state index contributed by atoms with van der Waals surface area (Å²) in [5.41, 5.74) is -0.744. The molecule has 0 radical (unpaired) electrons. The van der Waals surface area contributed by atoms with Crippen LogP contribution in [0, 0.1) is 5.41 Å². The predicted molar refractivity (Wildman–Crippen MR) is 73.7 cm³/mol. The number of rotatable bonds is 5. The van der Waals surface area contributed by atoms with Crippen molar-refractivity contribution in [1.82, 2.24) is 0 Å². The predicted octanol–water partition coefficient (Wildman–Crippen LogP) is 5.03. The average Bonchev–Trinajstić information content (AvgIpc) is 2.86. The lowest BCUT2D eigenvalue weighted by atomic mass is 9.77. The molecule has 1 saturated carbocycles. The van der Waals surface area contributed by atoms with Crippen molar-refractivity contribution in [3.05, 3.63) is 20.8 Å². The van der Waals surface area contributed by atoms with Crippen LogP contribution in [0.4, 0.5) is 8.78 Å². The Morgan fingerprint density at radius 1 is 1.42 bits per heavy atom. The van der Waals surface area contributed by atoms with E-state index in [4.69, 9.17) is 5.11 Å². The van der Waals surface area contributed by atoms with E-state index in [1.165, 1.54) is 6.07 Å². The molecular formula is C13H15BrF2O2S. The lowest BCUT2D eigenvalue weighted by molar-refractivity contribution is -0.141. The smallest absolute Gasteiger partial charge is 0.303 e. The van der Waals surface area contributed by atoms with Gasteiger partial charge in [-0.1, -0.05) is 12.8 Å². The molecule has 1 N–H and O–H groups in total. The minimum atomic E-state index is -2.95. The van der Waals surface area contributed by atoms with Gasteiger partial charge < -0.3 is 5.11 Å². The summed E-state index contributed by atoms with van der Waals surface area (Å²) >= 11 is 4.20. The summed E-state index contributed by atoms with van der Waals surface area (Å²) in [7, 11) is 0. The Labute approximate surface area is 123 Å². The normalized spacial score (nSPS) is 18.7.